The molecule has 0 aliphatic heterocycles. The number of imidazole rings is 1. The molecule has 0 aromatic carbocycles. The second-order valence-corrected chi connectivity index (χ2v) is 3.46. The van der Waals surface area contributed by atoms with Gasteiger partial charge in [-0.2, -0.15) is 0 Å². The van der Waals surface area contributed by atoms with E-state index in [1.54, 1.807) is 20.2 Å². The first kappa shape index (κ1) is 8.27. The van der Waals surface area contributed by atoms with Gasteiger partial charge < -0.3 is 10.1 Å². The molecule has 0 saturated heterocycles. The van der Waals surface area contributed by atoms with Gasteiger partial charge in [0.15, 0.2) is 0 Å². The number of nitrogens with zero attached hydrogens (tertiary/aromatic N) is 1. The van der Waals surface area contributed by atoms with Crippen LogP contribution in [0.2, 0.25) is 0 Å². The summed E-state index contributed by atoms with van der Waals surface area (Å²) >= 11 is 0. The normalized spacial score (nSPS) is 12.0. The van der Waals surface area contributed by atoms with Crippen molar-refractivity contribution in [2.45, 2.75) is 32.8 Å². The molecule has 1 aromatic rings. The van der Waals surface area contributed by atoms with Gasteiger partial charge in [0.05, 0.1) is 17.6 Å². The molecule has 1 heterocycles. The predicted molar refractivity (Wildman–Crippen MR) is 43.3 cm³/mol. The Labute approximate surface area is 66.5 Å². The minimum Gasteiger partial charge on any atom is -0.390 e. The third-order valence-electron chi connectivity index (χ3n) is 1.53. The van der Waals surface area contributed by atoms with E-state index in [2.05, 4.69) is 9.97 Å². The fourth-order valence-corrected chi connectivity index (χ4v) is 0.975. The van der Waals surface area contributed by atoms with E-state index in [0.29, 0.717) is 6.42 Å². The summed E-state index contributed by atoms with van der Waals surface area (Å²) in [6.07, 6.45) is 2.25. The predicted octanol–water partition coefficient (Wildman–Crippen LogP) is 1.03. The highest BCUT2D eigenvalue weighted by atomic mass is 16.3. The highest BCUT2D eigenvalue weighted by molar-refractivity contribution is 5.10. The standard InChI is InChI=1S/C8H14N2O/c1-6-7(10-5-9-6)4-8(2,3)11/h5,11H,4H2,1-3H3,(H,9,10). The van der Waals surface area contributed by atoms with E-state index in [1.165, 1.54) is 0 Å². The number of hydrogen-bond acceptors (Lipinski definition) is 2. The second-order valence-electron chi connectivity index (χ2n) is 3.46. The number of aromatic amines is 1. The number of nitrogens with one attached hydrogen (secondary N) is 1. The Balaban J connectivity index is 2.72. The van der Waals surface area contributed by atoms with E-state index in [9.17, 15) is 5.11 Å². The van der Waals surface area contributed by atoms with Crippen molar-refractivity contribution in [2.24, 2.45) is 0 Å². The fraction of sp³-hybridized carbons (Fsp3) is 0.625. The molecule has 0 amide bonds. The summed E-state index contributed by atoms with van der Waals surface area (Å²) in [4.78, 5) is 7.05. The summed E-state index contributed by atoms with van der Waals surface area (Å²) < 4.78 is 0. The molecule has 0 aliphatic rings. The molecule has 1 rings (SSSR count). The zero-order valence-corrected chi connectivity index (χ0v) is 7.18. The minimum absolute atomic E-state index is 0.600. The van der Waals surface area contributed by atoms with E-state index in [1.807, 2.05) is 6.92 Å². The smallest absolute Gasteiger partial charge is 0.0925 e. The van der Waals surface area contributed by atoms with Crippen LogP contribution in [0.3, 0.4) is 0 Å². The molecule has 0 unspecified atom stereocenters. The summed E-state index contributed by atoms with van der Waals surface area (Å²) in [6.45, 7) is 5.51. The molecule has 0 spiro atoms. The van der Waals surface area contributed by atoms with Crippen LogP contribution in [0.5, 0.6) is 0 Å². The van der Waals surface area contributed by atoms with Crippen molar-refractivity contribution in [1.82, 2.24) is 9.97 Å². The van der Waals surface area contributed by atoms with E-state index < -0.39 is 5.60 Å². The number of aryl methyl sites for hydroxylation is 1. The first-order valence-corrected chi connectivity index (χ1v) is 3.70. The van der Waals surface area contributed by atoms with Crippen molar-refractivity contribution < 1.29 is 5.11 Å². The van der Waals surface area contributed by atoms with Crippen LogP contribution in [0.25, 0.3) is 0 Å². The van der Waals surface area contributed by atoms with Crippen molar-refractivity contribution in [3.63, 3.8) is 0 Å². The lowest BCUT2D eigenvalue weighted by molar-refractivity contribution is 0.0799. The Bertz CT molecular complexity index is 234. The molecular formula is C8H14N2O. The molecule has 0 aliphatic carbocycles. The molecule has 3 nitrogen and oxygen atoms in total. The van der Waals surface area contributed by atoms with Crippen LogP contribution in [0.4, 0.5) is 0 Å². The molecule has 62 valence electrons. The van der Waals surface area contributed by atoms with Crippen LogP contribution < -0.4 is 0 Å². The summed E-state index contributed by atoms with van der Waals surface area (Å²) in [5, 5.41) is 9.46. The van der Waals surface area contributed by atoms with Crippen LogP contribution in [-0.2, 0) is 6.42 Å². The number of hydrogen-bond donors (Lipinski definition) is 2. The average Bonchev–Trinajstić information content (AvgIpc) is 2.12. The molecule has 2 N–H and O–H groups in total. The van der Waals surface area contributed by atoms with Crippen LogP contribution in [0, 0.1) is 6.92 Å². The van der Waals surface area contributed by atoms with Gasteiger partial charge in [-0.05, 0) is 20.8 Å². The molecule has 3 heteroatoms. The van der Waals surface area contributed by atoms with Gasteiger partial charge in [-0.1, -0.05) is 0 Å². The molecule has 0 saturated carbocycles. The first-order valence-electron chi connectivity index (χ1n) is 3.70. The molecule has 0 bridgehead atoms. The highest BCUT2D eigenvalue weighted by Gasteiger charge is 2.15. The molecule has 11 heavy (non-hydrogen) atoms. The van der Waals surface area contributed by atoms with Crippen LogP contribution in [-0.4, -0.2) is 20.7 Å². The Morgan fingerprint density at radius 1 is 1.64 bits per heavy atom. The van der Waals surface area contributed by atoms with Gasteiger partial charge in [-0.3, -0.25) is 0 Å². The van der Waals surface area contributed by atoms with Gasteiger partial charge in [0.1, 0.15) is 0 Å². The maximum Gasteiger partial charge on any atom is 0.0925 e. The minimum atomic E-state index is -0.667. The Morgan fingerprint density at radius 2 is 2.27 bits per heavy atom. The Hall–Kier alpha value is -0.830. The molecule has 0 fully saturated rings. The number of rotatable bonds is 2. The lowest BCUT2D eigenvalue weighted by atomic mass is 10.0. The number of aliphatic hydroxyl groups is 1. The zero-order chi connectivity index (χ0) is 8.48. The fourth-order valence-electron chi connectivity index (χ4n) is 0.975. The number of aromatic nitrogens is 2. The first-order chi connectivity index (χ1) is 4.99. The van der Waals surface area contributed by atoms with Gasteiger partial charge in [0.2, 0.25) is 0 Å². The molecular weight excluding hydrogens is 140 g/mol. The highest BCUT2D eigenvalue weighted by Crippen LogP contribution is 2.11. The van der Waals surface area contributed by atoms with Gasteiger partial charge in [0.25, 0.3) is 0 Å². The van der Waals surface area contributed by atoms with Crippen molar-refractivity contribution in [1.29, 1.82) is 0 Å². The van der Waals surface area contributed by atoms with Crippen molar-refractivity contribution in [3.8, 4) is 0 Å². The second kappa shape index (κ2) is 2.66. The SMILES string of the molecule is Cc1[nH]cnc1CC(C)(C)O. The monoisotopic (exact) mass is 154 g/mol. The van der Waals surface area contributed by atoms with E-state index in [0.717, 1.165) is 11.4 Å². The van der Waals surface area contributed by atoms with Crippen LogP contribution in [0.1, 0.15) is 25.2 Å². The van der Waals surface area contributed by atoms with Crippen LogP contribution in [0.15, 0.2) is 6.33 Å². The zero-order valence-electron chi connectivity index (χ0n) is 7.18. The van der Waals surface area contributed by atoms with Gasteiger partial charge in [-0.15, -0.1) is 0 Å². The maximum atomic E-state index is 9.46. The lowest BCUT2D eigenvalue weighted by Gasteiger charge is -2.15. The average molecular weight is 154 g/mol. The van der Waals surface area contributed by atoms with E-state index >= 15 is 0 Å². The van der Waals surface area contributed by atoms with Crippen molar-refractivity contribution >= 4 is 0 Å². The summed E-state index contributed by atoms with van der Waals surface area (Å²) in [5.41, 5.74) is 1.31. The largest absolute Gasteiger partial charge is 0.390 e. The van der Waals surface area contributed by atoms with Crippen molar-refractivity contribution in [2.75, 3.05) is 0 Å². The Morgan fingerprint density at radius 3 is 2.64 bits per heavy atom. The lowest BCUT2D eigenvalue weighted by Crippen LogP contribution is -2.22. The maximum absolute atomic E-state index is 9.46. The summed E-state index contributed by atoms with van der Waals surface area (Å²) in [7, 11) is 0. The van der Waals surface area contributed by atoms with E-state index in [-0.39, 0.29) is 0 Å². The van der Waals surface area contributed by atoms with Crippen molar-refractivity contribution in [3.05, 3.63) is 17.7 Å². The Kier molecular flexibility index (Phi) is 2.00. The third kappa shape index (κ3) is 2.35. The molecule has 0 radical (unpaired) electrons. The third-order valence-corrected chi connectivity index (χ3v) is 1.53. The summed E-state index contributed by atoms with van der Waals surface area (Å²) in [6, 6.07) is 0. The van der Waals surface area contributed by atoms with Gasteiger partial charge in [-0.25, -0.2) is 4.98 Å². The van der Waals surface area contributed by atoms with Gasteiger partial charge >= 0.3 is 0 Å². The van der Waals surface area contributed by atoms with E-state index in [4.69, 9.17) is 0 Å². The summed E-state index contributed by atoms with van der Waals surface area (Å²) in [5.74, 6) is 0. The number of H-pyrrole nitrogens is 1. The quantitative estimate of drug-likeness (QED) is 0.668. The van der Waals surface area contributed by atoms with Crippen LogP contribution >= 0.6 is 0 Å². The topological polar surface area (TPSA) is 48.9 Å². The molecule has 0 atom stereocenters. The molecule has 1 aromatic heterocycles. The van der Waals surface area contributed by atoms with Gasteiger partial charge in [0, 0.05) is 12.1 Å².